The Balaban J connectivity index is 2.85. The van der Waals surface area contributed by atoms with Crippen molar-refractivity contribution in [3.8, 4) is 0 Å². The largest absolute Gasteiger partial charge is 0.694 e. The van der Waals surface area contributed by atoms with Crippen molar-refractivity contribution in [3.63, 3.8) is 0 Å². The third-order valence-corrected chi connectivity index (χ3v) is 2.19. The van der Waals surface area contributed by atoms with E-state index in [-0.39, 0.29) is 0 Å². The molecule has 0 aliphatic rings. The molecular formula is C6H13BrO3P+. The van der Waals surface area contributed by atoms with Gasteiger partial charge in [0.15, 0.2) is 0 Å². The predicted octanol–water partition coefficient (Wildman–Crippen LogP) is 2.61. The molecule has 0 fully saturated rings. The van der Waals surface area contributed by atoms with Crippen LogP contribution in [0, 0.1) is 0 Å². The molecule has 0 saturated heterocycles. The second-order valence-corrected chi connectivity index (χ2v) is 3.70. The normalized spacial score (nSPS) is 11.6. The third-order valence-electron chi connectivity index (χ3n) is 1.23. The van der Waals surface area contributed by atoms with Gasteiger partial charge in [0.1, 0.15) is 6.61 Å². The van der Waals surface area contributed by atoms with Crippen LogP contribution in [0.2, 0.25) is 0 Å². The van der Waals surface area contributed by atoms with E-state index in [0.717, 1.165) is 31.0 Å². The summed E-state index contributed by atoms with van der Waals surface area (Å²) in [4.78, 5) is 8.23. The monoisotopic (exact) mass is 243 g/mol. The van der Waals surface area contributed by atoms with Crippen LogP contribution < -0.4 is 0 Å². The van der Waals surface area contributed by atoms with Gasteiger partial charge in [0, 0.05) is 9.90 Å². The molecule has 1 N–H and O–H groups in total. The molecule has 0 amide bonds. The van der Waals surface area contributed by atoms with E-state index in [0.29, 0.717) is 6.61 Å². The zero-order valence-electron chi connectivity index (χ0n) is 6.33. The van der Waals surface area contributed by atoms with Gasteiger partial charge in [-0.1, -0.05) is 28.8 Å². The fourth-order valence-electron chi connectivity index (χ4n) is 0.693. The lowest BCUT2D eigenvalue weighted by atomic mass is 10.2. The number of halogens is 1. The molecule has 0 aromatic heterocycles. The zero-order chi connectivity index (χ0) is 8.53. The predicted molar refractivity (Wildman–Crippen MR) is 48.0 cm³/mol. The minimum atomic E-state index is -2.38. The van der Waals surface area contributed by atoms with E-state index in [9.17, 15) is 4.57 Å². The number of rotatable bonds is 7. The number of unbranched alkanes of at least 4 members (excludes halogenated alkanes) is 3. The Morgan fingerprint density at radius 3 is 2.45 bits per heavy atom. The average molecular weight is 244 g/mol. The van der Waals surface area contributed by atoms with Gasteiger partial charge in [-0.25, -0.2) is 0 Å². The molecule has 0 spiro atoms. The van der Waals surface area contributed by atoms with Crippen LogP contribution in [0.25, 0.3) is 0 Å². The first-order valence-corrected chi connectivity index (χ1v) is 5.87. The van der Waals surface area contributed by atoms with Crippen LogP contribution in [0.1, 0.15) is 25.7 Å². The molecule has 0 saturated carbocycles. The highest BCUT2D eigenvalue weighted by Crippen LogP contribution is 2.15. The van der Waals surface area contributed by atoms with Crippen LogP contribution in [0.3, 0.4) is 0 Å². The molecule has 0 aromatic carbocycles. The van der Waals surface area contributed by atoms with E-state index in [1.165, 1.54) is 0 Å². The fraction of sp³-hybridized carbons (Fsp3) is 1.00. The summed E-state index contributed by atoms with van der Waals surface area (Å²) < 4.78 is 14.5. The van der Waals surface area contributed by atoms with Crippen molar-refractivity contribution in [2.24, 2.45) is 0 Å². The minimum absolute atomic E-state index is 0.397. The molecule has 0 radical (unpaired) electrons. The summed E-state index contributed by atoms with van der Waals surface area (Å²) in [5, 5.41) is 1.03. The van der Waals surface area contributed by atoms with Crippen LogP contribution in [-0.2, 0) is 9.09 Å². The topological polar surface area (TPSA) is 46.5 Å². The summed E-state index contributed by atoms with van der Waals surface area (Å²) in [6.45, 7) is 0.397. The van der Waals surface area contributed by atoms with Gasteiger partial charge >= 0.3 is 8.25 Å². The Morgan fingerprint density at radius 2 is 1.91 bits per heavy atom. The molecule has 1 unspecified atom stereocenters. The summed E-state index contributed by atoms with van der Waals surface area (Å²) in [6.07, 6.45) is 4.24. The summed E-state index contributed by atoms with van der Waals surface area (Å²) in [5.74, 6) is 0. The lowest BCUT2D eigenvalue weighted by Gasteiger charge is -1.93. The van der Waals surface area contributed by atoms with Crippen molar-refractivity contribution in [1.29, 1.82) is 0 Å². The number of hydrogen-bond donors (Lipinski definition) is 1. The quantitative estimate of drug-likeness (QED) is 0.425. The zero-order valence-corrected chi connectivity index (χ0v) is 8.81. The molecule has 66 valence electrons. The van der Waals surface area contributed by atoms with Gasteiger partial charge in [0.05, 0.1) is 0 Å². The van der Waals surface area contributed by atoms with E-state index in [4.69, 9.17) is 4.89 Å². The molecule has 0 heterocycles. The van der Waals surface area contributed by atoms with Crippen LogP contribution in [0.4, 0.5) is 0 Å². The second-order valence-electron chi connectivity index (χ2n) is 2.17. The third kappa shape index (κ3) is 10.5. The number of alkyl halides is 1. The van der Waals surface area contributed by atoms with Crippen LogP contribution in [0.15, 0.2) is 0 Å². The highest BCUT2D eigenvalue weighted by molar-refractivity contribution is 9.09. The summed E-state index contributed by atoms with van der Waals surface area (Å²) >= 11 is 3.32. The maximum Gasteiger partial charge on any atom is 0.694 e. The van der Waals surface area contributed by atoms with Gasteiger partial charge < -0.3 is 0 Å². The fourth-order valence-corrected chi connectivity index (χ4v) is 1.37. The summed E-state index contributed by atoms with van der Waals surface area (Å²) in [7, 11) is -2.38. The van der Waals surface area contributed by atoms with Crippen molar-refractivity contribution in [2.45, 2.75) is 25.7 Å². The number of hydrogen-bond acceptors (Lipinski definition) is 2. The van der Waals surface area contributed by atoms with E-state index in [1.54, 1.807) is 0 Å². The first-order chi connectivity index (χ1) is 5.27. The van der Waals surface area contributed by atoms with Crippen LogP contribution in [0.5, 0.6) is 0 Å². The van der Waals surface area contributed by atoms with Crippen molar-refractivity contribution in [2.75, 3.05) is 11.9 Å². The van der Waals surface area contributed by atoms with Gasteiger partial charge in [-0.15, -0.1) is 9.42 Å². The lowest BCUT2D eigenvalue weighted by molar-refractivity contribution is 0.274. The SMILES string of the molecule is O=[P+](O)OCCCCCCBr. The molecule has 0 aliphatic heterocycles. The average Bonchev–Trinajstić information content (AvgIpc) is 1.96. The van der Waals surface area contributed by atoms with E-state index in [2.05, 4.69) is 20.5 Å². The van der Waals surface area contributed by atoms with E-state index >= 15 is 0 Å². The summed E-state index contributed by atoms with van der Waals surface area (Å²) in [6, 6.07) is 0. The Hall–Kier alpha value is 0.500. The Kier molecular flexibility index (Phi) is 8.99. The van der Waals surface area contributed by atoms with E-state index < -0.39 is 8.25 Å². The second kappa shape index (κ2) is 8.60. The van der Waals surface area contributed by atoms with Gasteiger partial charge in [0.25, 0.3) is 0 Å². The minimum Gasteiger partial charge on any atom is -0.133 e. The molecular weight excluding hydrogens is 231 g/mol. The van der Waals surface area contributed by atoms with Crippen molar-refractivity contribution in [1.82, 2.24) is 0 Å². The Morgan fingerprint density at radius 1 is 1.27 bits per heavy atom. The molecule has 1 atom stereocenters. The molecule has 5 heteroatoms. The van der Waals surface area contributed by atoms with Crippen LogP contribution >= 0.6 is 24.2 Å². The Labute approximate surface area is 76.2 Å². The standard InChI is InChI=1S/C6H12BrO3P/c7-5-3-1-2-4-6-10-11(8)9/h1-6H2/p+1. The maximum atomic E-state index is 10.0. The Bertz CT molecular complexity index is 110. The maximum absolute atomic E-state index is 10.0. The molecule has 11 heavy (non-hydrogen) atoms. The highest BCUT2D eigenvalue weighted by Gasteiger charge is 2.09. The molecule has 0 aliphatic carbocycles. The van der Waals surface area contributed by atoms with Gasteiger partial charge in [-0.05, 0) is 12.8 Å². The molecule has 0 rings (SSSR count). The lowest BCUT2D eigenvalue weighted by Crippen LogP contribution is -1.87. The first-order valence-electron chi connectivity index (χ1n) is 3.62. The van der Waals surface area contributed by atoms with Gasteiger partial charge in [0.2, 0.25) is 0 Å². The van der Waals surface area contributed by atoms with Crippen LogP contribution in [-0.4, -0.2) is 16.8 Å². The summed E-state index contributed by atoms with van der Waals surface area (Å²) in [5.41, 5.74) is 0. The highest BCUT2D eigenvalue weighted by atomic mass is 79.9. The molecule has 3 nitrogen and oxygen atoms in total. The van der Waals surface area contributed by atoms with Crippen molar-refractivity contribution < 1.29 is 14.0 Å². The van der Waals surface area contributed by atoms with Gasteiger partial charge in [-0.3, -0.25) is 0 Å². The van der Waals surface area contributed by atoms with Gasteiger partial charge in [-0.2, -0.15) is 0 Å². The molecule has 0 bridgehead atoms. The van der Waals surface area contributed by atoms with E-state index in [1.807, 2.05) is 0 Å². The first kappa shape index (κ1) is 11.5. The van der Waals surface area contributed by atoms with Crippen molar-refractivity contribution >= 4 is 24.2 Å². The smallest absolute Gasteiger partial charge is 0.133 e. The molecule has 0 aromatic rings. The van der Waals surface area contributed by atoms with Crippen molar-refractivity contribution in [3.05, 3.63) is 0 Å².